The predicted octanol–water partition coefficient (Wildman–Crippen LogP) is 1.48. The molecule has 7 heteroatoms. The van der Waals surface area contributed by atoms with Crippen molar-refractivity contribution < 1.29 is 9.53 Å². The second kappa shape index (κ2) is 7.65. The van der Waals surface area contributed by atoms with Crippen LogP contribution >= 0.6 is 0 Å². The molecule has 2 aromatic rings. The fourth-order valence-corrected chi connectivity index (χ4v) is 3.19. The Bertz CT molecular complexity index is 796. The number of amides is 1. The number of aryl methyl sites for hydroxylation is 1. The van der Waals surface area contributed by atoms with E-state index < -0.39 is 0 Å². The maximum absolute atomic E-state index is 12.9. The van der Waals surface area contributed by atoms with Crippen LogP contribution in [0.4, 0.5) is 0 Å². The van der Waals surface area contributed by atoms with Gasteiger partial charge in [0.2, 0.25) is 0 Å². The number of nitrogens with zero attached hydrogens (tertiary/aromatic N) is 4. The summed E-state index contributed by atoms with van der Waals surface area (Å²) in [6, 6.07) is 3.25. The van der Waals surface area contributed by atoms with Gasteiger partial charge < -0.3 is 14.2 Å². The average molecular weight is 344 g/mol. The number of hydrogen-bond donors (Lipinski definition) is 0. The van der Waals surface area contributed by atoms with Crippen molar-refractivity contribution in [3.8, 4) is 0 Å². The van der Waals surface area contributed by atoms with Crippen molar-refractivity contribution in [1.82, 2.24) is 19.2 Å². The number of rotatable bonds is 5. The van der Waals surface area contributed by atoms with Crippen molar-refractivity contribution >= 4 is 5.91 Å². The summed E-state index contributed by atoms with van der Waals surface area (Å²) in [6.07, 6.45) is 7.44. The molecule has 25 heavy (non-hydrogen) atoms. The van der Waals surface area contributed by atoms with Crippen LogP contribution in [0, 0.1) is 6.92 Å². The first kappa shape index (κ1) is 17.4. The molecule has 0 bridgehead atoms. The van der Waals surface area contributed by atoms with E-state index >= 15 is 0 Å². The predicted molar refractivity (Wildman–Crippen MR) is 93.7 cm³/mol. The standard InChI is InChI=1S/C18H24N4O3/c1-14-10-19-22(11-14)16-4-3-7-21(13-16)18(24)15-5-6-17(23)20(12-15)8-9-25-2/h5-6,10-12,16H,3-4,7-9,13H2,1-2H3. The van der Waals surface area contributed by atoms with Gasteiger partial charge in [-0.2, -0.15) is 5.10 Å². The van der Waals surface area contributed by atoms with E-state index in [0.29, 0.717) is 25.3 Å². The number of pyridine rings is 1. The fourth-order valence-electron chi connectivity index (χ4n) is 3.19. The minimum absolute atomic E-state index is 0.0419. The van der Waals surface area contributed by atoms with Crippen LogP contribution in [0.3, 0.4) is 0 Å². The number of carbonyl (C=O) groups excluding carboxylic acids is 1. The summed E-state index contributed by atoms with van der Waals surface area (Å²) in [5.74, 6) is -0.0419. The molecule has 0 radical (unpaired) electrons. The number of ether oxygens (including phenoxy) is 1. The fraction of sp³-hybridized carbons (Fsp3) is 0.500. The second-order valence-electron chi connectivity index (χ2n) is 6.49. The lowest BCUT2D eigenvalue weighted by atomic mass is 10.0. The van der Waals surface area contributed by atoms with Crippen molar-refractivity contribution in [2.75, 3.05) is 26.8 Å². The Hall–Kier alpha value is -2.41. The zero-order valence-corrected chi connectivity index (χ0v) is 14.7. The summed E-state index contributed by atoms with van der Waals surface area (Å²) in [6.45, 7) is 4.25. The van der Waals surface area contributed by atoms with Gasteiger partial charge >= 0.3 is 0 Å². The summed E-state index contributed by atoms with van der Waals surface area (Å²) < 4.78 is 8.49. The molecule has 3 rings (SSSR count). The normalized spacial score (nSPS) is 17.7. The SMILES string of the molecule is COCCn1cc(C(=O)N2CCCC(n3cc(C)cn3)C2)ccc1=O. The van der Waals surface area contributed by atoms with E-state index in [9.17, 15) is 9.59 Å². The number of carbonyl (C=O) groups is 1. The lowest BCUT2D eigenvalue weighted by Crippen LogP contribution is -2.41. The summed E-state index contributed by atoms with van der Waals surface area (Å²) in [5, 5.41) is 4.38. The molecule has 1 amide bonds. The highest BCUT2D eigenvalue weighted by atomic mass is 16.5. The Morgan fingerprint density at radius 3 is 2.92 bits per heavy atom. The van der Waals surface area contributed by atoms with Crippen LogP contribution in [-0.4, -0.2) is 52.0 Å². The first-order valence-corrected chi connectivity index (χ1v) is 8.58. The Balaban J connectivity index is 1.75. The van der Waals surface area contributed by atoms with Crippen molar-refractivity contribution in [3.05, 3.63) is 52.2 Å². The van der Waals surface area contributed by atoms with Crippen molar-refractivity contribution in [3.63, 3.8) is 0 Å². The molecule has 7 nitrogen and oxygen atoms in total. The van der Waals surface area contributed by atoms with E-state index in [4.69, 9.17) is 4.74 Å². The van der Waals surface area contributed by atoms with Gasteiger partial charge in [-0.25, -0.2) is 0 Å². The Morgan fingerprint density at radius 1 is 1.36 bits per heavy atom. The molecule has 1 fully saturated rings. The largest absolute Gasteiger partial charge is 0.383 e. The van der Waals surface area contributed by atoms with E-state index in [0.717, 1.165) is 24.9 Å². The van der Waals surface area contributed by atoms with Gasteiger partial charge in [0.25, 0.3) is 11.5 Å². The molecular formula is C18H24N4O3. The van der Waals surface area contributed by atoms with Gasteiger partial charge in [-0.15, -0.1) is 0 Å². The number of methoxy groups -OCH3 is 1. The minimum atomic E-state index is -0.128. The van der Waals surface area contributed by atoms with E-state index in [-0.39, 0.29) is 17.5 Å². The molecule has 0 aromatic carbocycles. The van der Waals surface area contributed by atoms with Crippen molar-refractivity contribution in [2.45, 2.75) is 32.4 Å². The van der Waals surface area contributed by atoms with E-state index in [1.54, 1.807) is 19.4 Å². The third-order valence-corrected chi connectivity index (χ3v) is 4.56. The summed E-state index contributed by atoms with van der Waals surface area (Å²) in [5.41, 5.74) is 1.53. The van der Waals surface area contributed by atoms with Crippen LogP contribution in [0.2, 0.25) is 0 Å². The van der Waals surface area contributed by atoms with E-state index in [2.05, 4.69) is 5.10 Å². The number of hydrogen-bond acceptors (Lipinski definition) is 4. The second-order valence-corrected chi connectivity index (χ2v) is 6.49. The molecule has 2 aromatic heterocycles. The van der Waals surface area contributed by atoms with Gasteiger partial charge in [0.15, 0.2) is 0 Å². The lowest BCUT2D eigenvalue weighted by Gasteiger charge is -2.33. The number of likely N-dealkylation sites (tertiary alicyclic amines) is 1. The molecule has 1 aliphatic heterocycles. The van der Waals surface area contributed by atoms with Crippen LogP contribution in [-0.2, 0) is 11.3 Å². The van der Waals surface area contributed by atoms with Gasteiger partial charge in [0, 0.05) is 45.2 Å². The van der Waals surface area contributed by atoms with Crippen LogP contribution < -0.4 is 5.56 Å². The molecule has 0 spiro atoms. The topological polar surface area (TPSA) is 69.4 Å². The Kier molecular flexibility index (Phi) is 5.33. The first-order valence-electron chi connectivity index (χ1n) is 8.58. The first-order chi connectivity index (χ1) is 12.1. The van der Waals surface area contributed by atoms with Crippen molar-refractivity contribution in [2.24, 2.45) is 0 Å². The van der Waals surface area contributed by atoms with Crippen LogP contribution in [0.15, 0.2) is 35.5 Å². The van der Waals surface area contributed by atoms with E-state index in [1.807, 2.05) is 28.9 Å². The molecule has 3 heterocycles. The number of piperidine rings is 1. The highest BCUT2D eigenvalue weighted by molar-refractivity contribution is 5.94. The Labute approximate surface area is 146 Å². The van der Waals surface area contributed by atoms with Gasteiger partial charge in [0.1, 0.15) is 0 Å². The molecular weight excluding hydrogens is 320 g/mol. The maximum Gasteiger partial charge on any atom is 0.255 e. The third-order valence-electron chi connectivity index (χ3n) is 4.56. The zero-order valence-electron chi connectivity index (χ0n) is 14.7. The third kappa shape index (κ3) is 3.99. The Morgan fingerprint density at radius 2 is 2.20 bits per heavy atom. The van der Waals surface area contributed by atoms with Gasteiger partial charge in [-0.05, 0) is 31.4 Å². The lowest BCUT2D eigenvalue weighted by molar-refractivity contribution is 0.0671. The summed E-state index contributed by atoms with van der Waals surface area (Å²) in [4.78, 5) is 26.6. The zero-order chi connectivity index (χ0) is 17.8. The molecule has 0 saturated carbocycles. The summed E-state index contributed by atoms with van der Waals surface area (Å²) >= 11 is 0. The highest BCUT2D eigenvalue weighted by Gasteiger charge is 2.26. The van der Waals surface area contributed by atoms with Crippen molar-refractivity contribution in [1.29, 1.82) is 0 Å². The molecule has 1 atom stereocenters. The van der Waals surface area contributed by atoms with Gasteiger partial charge in [-0.1, -0.05) is 0 Å². The molecule has 1 saturated heterocycles. The number of aromatic nitrogens is 3. The van der Waals surface area contributed by atoms with Crippen LogP contribution in [0.1, 0.15) is 34.8 Å². The average Bonchev–Trinajstić information content (AvgIpc) is 3.07. The quantitative estimate of drug-likeness (QED) is 0.824. The van der Waals surface area contributed by atoms with E-state index in [1.165, 1.54) is 10.6 Å². The van der Waals surface area contributed by atoms with Gasteiger partial charge in [-0.3, -0.25) is 14.3 Å². The maximum atomic E-state index is 12.9. The molecule has 1 aliphatic rings. The molecule has 134 valence electrons. The van der Waals surface area contributed by atoms with Crippen LogP contribution in [0.25, 0.3) is 0 Å². The smallest absolute Gasteiger partial charge is 0.255 e. The monoisotopic (exact) mass is 344 g/mol. The summed E-state index contributed by atoms with van der Waals surface area (Å²) in [7, 11) is 1.59. The minimum Gasteiger partial charge on any atom is -0.383 e. The molecule has 0 N–H and O–H groups in total. The molecule has 1 unspecified atom stereocenters. The van der Waals surface area contributed by atoms with Gasteiger partial charge in [0.05, 0.1) is 24.4 Å². The molecule has 0 aliphatic carbocycles. The highest BCUT2D eigenvalue weighted by Crippen LogP contribution is 2.22. The van der Waals surface area contributed by atoms with Crippen LogP contribution in [0.5, 0.6) is 0 Å².